The molecule has 0 aliphatic heterocycles. The third-order valence-electron chi connectivity index (χ3n) is 4.82. The van der Waals surface area contributed by atoms with Crippen LogP contribution in [0.2, 0.25) is 0 Å². The van der Waals surface area contributed by atoms with Gasteiger partial charge in [0.05, 0.1) is 6.10 Å². The summed E-state index contributed by atoms with van der Waals surface area (Å²) in [6.45, 7) is 11.5. The van der Waals surface area contributed by atoms with Gasteiger partial charge in [-0.05, 0) is 56.9 Å². The maximum absolute atomic E-state index is 13.2. The van der Waals surface area contributed by atoms with Gasteiger partial charge in [-0.1, -0.05) is 50.2 Å². The highest BCUT2D eigenvalue weighted by Gasteiger charge is 2.45. The summed E-state index contributed by atoms with van der Waals surface area (Å²) in [5, 5.41) is 3.38. The van der Waals surface area contributed by atoms with E-state index >= 15 is 0 Å². The van der Waals surface area contributed by atoms with Gasteiger partial charge in [0, 0.05) is 17.7 Å². The number of rotatable bonds is 8. The highest BCUT2D eigenvalue weighted by molar-refractivity contribution is 6.01. The molecule has 2 aromatic rings. The van der Waals surface area contributed by atoms with Crippen LogP contribution in [0.4, 0.5) is 5.69 Å². The molecule has 0 heterocycles. The lowest BCUT2D eigenvalue weighted by Gasteiger charge is -2.37. The standard InChI is InChI=1S/C24H31NO3.CO2/c1-16(2)24(23(27)28-17(3)4,15-22(26)20-10-8-7-9-11-20)25-21-13-18(5)12-19(6)14-21;2-1-3/h7-14,16-17,25H,15H2,1-6H3;. The molecule has 0 fully saturated rings. The molecule has 31 heavy (non-hydrogen) atoms. The number of esters is 1. The van der Waals surface area contributed by atoms with Crippen LogP contribution < -0.4 is 5.32 Å². The summed E-state index contributed by atoms with van der Waals surface area (Å²) in [6.07, 6.45) is 0.00577. The zero-order valence-electron chi connectivity index (χ0n) is 19.0. The Kier molecular flexibility index (Phi) is 9.84. The van der Waals surface area contributed by atoms with Crippen molar-refractivity contribution in [3.8, 4) is 0 Å². The number of hydrogen-bond acceptors (Lipinski definition) is 6. The number of benzene rings is 2. The average Bonchev–Trinajstić information content (AvgIpc) is 2.67. The molecule has 1 unspecified atom stereocenters. The van der Waals surface area contributed by atoms with Crippen molar-refractivity contribution in [3.63, 3.8) is 0 Å². The summed E-state index contributed by atoms with van der Waals surface area (Å²) in [5.74, 6) is -0.653. The van der Waals surface area contributed by atoms with Crippen molar-refractivity contribution in [1.82, 2.24) is 0 Å². The molecule has 166 valence electrons. The van der Waals surface area contributed by atoms with E-state index in [9.17, 15) is 9.59 Å². The molecule has 0 saturated heterocycles. The van der Waals surface area contributed by atoms with Gasteiger partial charge < -0.3 is 10.1 Å². The van der Waals surface area contributed by atoms with Crippen molar-refractivity contribution in [2.45, 2.75) is 59.6 Å². The molecular weight excluding hydrogens is 394 g/mol. The van der Waals surface area contributed by atoms with Gasteiger partial charge in [0.2, 0.25) is 0 Å². The molecule has 0 aliphatic carbocycles. The zero-order valence-corrected chi connectivity index (χ0v) is 19.0. The van der Waals surface area contributed by atoms with Crippen LogP contribution in [-0.2, 0) is 19.1 Å². The van der Waals surface area contributed by atoms with Crippen molar-refractivity contribution in [2.75, 3.05) is 5.32 Å². The van der Waals surface area contributed by atoms with E-state index in [2.05, 4.69) is 11.4 Å². The molecule has 6 heteroatoms. The Morgan fingerprint density at radius 2 is 1.48 bits per heavy atom. The maximum atomic E-state index is 13.2. The molecule has 0 radical (unpaired) electrons. The molecule has 0 amide bonds. The summed E-state index contributed by atoms with van der Waals surface area (Å²) in [4.78, 5) is 42.5. The fourth-order valence-corrected chi connectivity index (χ4v) is 3.35. The Hall–Kier alpha value is -3.24. The normalized spacial score (nSPS) is 12.3. The second-order valence-electron chi connectivity index (χ2n) is 8.13. The first-order valence-electron chi connectivity index (χ1n) is 10.2. The van der Waals surface area contributed by atoms with E-state index < -0.39 is 11.5 Å². The second-order valence-corrected chi connectivity index (χ2v) is 8.13. The van der Waals surface area contributed by atoms with Gasteiger partial charge >= 0.3 is 12.1 Å². The highest BCUT2D eigenvalue weighted by Crippen LogP contribution is 2.31. The van der Waals surface area contributed by atoms with Gasteiger partial charge in [-0.15, -0.1) is 0 Å². The number of anilines is 1. The van der Waals surface area contributed by atoms with Crippen molar-refractivity contribution in [1.29, 1.82) is 0 Å². The van der Waals surface area contributed by atoms with E-state index in [-0.39, 0.29) is 30.4 Å². The summed E-state index contributed by atoms with van der Waals surface area (Å²) in [5.41, 5.74) is 2.43. The van der Waals surface area contributed by atoms with Crippen LogP contribution in [0.3, 0.4) is 0 Å². The maximum Gasteiger partial charge on any atom is 0.373 e. The number of nitrogens with one attached hydrogen (secondary N) is 1. The van der Waals surface area contributed by atoms with Crippen molar-refractivity contribution < 1.29 is 23.9 Å². The SMILES string of the molecule is Cc1cc(C)cc(NC(CC(=O)c2ccccc2)(C(=O)OC(C)C)C(C)C)c1.O=C=O. The predicted molar refractivity (Wildman–Crippen MR) is 119 cm³/mol. The first kappa shape index (κ1) is 25.8. The molecule has 0 saturated carbocycles. The topological polar surface area (TPSA) is 89.5 Å². The summed E-state index contributed by atoms with van der Waals surface area (Å²) >= 11 is 0. The van der Waals surface area contributed by atoms with Crippen LogP contribution in [-0.4, -0.2) is 29.5 Å². The van der Waals surface area contributed by atoms with Crippen LogP contribution >= 0.6 is 0 Å². The van der Waals surface area contributed by atoms with Gasteiger partial charge in [0.25, 0.3) is 0 Å². The molecule has 1 N–H and O–H groups in total. The largest absolute Gasteiger partial charge is 0.461 e. The summed E-state index contributed by atoms with van der Waals surface area (Å²) in [6, 6.07) is 15.1. The molecular formula is C25H31NO5. The lowest BCUT2D eigenvalue weighted by molar-refractivity contribution is -0.191. The monoisotopic (exact) mass is 425 g/mol. The van der Waals surface area contributed by atoms with Crippen LogP contribution in [0.1, 0.15) is 55.6 Å². The number of ketones is 1. The van der Waals surface area contributed by atoms with E-state index in [0.717, 1.165) is 16.8 Å². The average molecular weight is 426 g/mol. The summed E-state index contributed by atoms with van der Waals surface area (Å²) < 4.78 is 5.59. The van der Waals surface area contributed by atoms with E-state index in [1.54, 1.807) is 12.1 Å². The smallest absolute Gasteiger partial charge is 0.373 e. The van der Waals surface area contributed by atoms with E-state index in [1.807, 2.05) is 71.9 Å². The molecule has 1 atom stereocenters. The Morgan fingerprint density at radius 3 is 1.94 bits per heavy atom. The van der Waals surface area contributed by atoms with Crippen LogP contribution in [0, 0.1) is 19.8 Å². The van der Waals surface area contributed by atoms with Gasteiger partial charge in [-0.3, -0.25) is 4.79 Å². The minimum atomic E-state index is -1.16. The van der Waals surface area contributed by atoms with Crippen LogP contribution in [0.15, 0.2) is 48.5 Å². The number of carbonyl (C=O) groups is 2. The van der Waals surface area contributed by atoms with Crippen LogP contribution in [0.25, 0.3) is 0 Å². The second kappa shape index (κ2) is 11.8. The van der Waals surface area contributed by atoms with E-state index in [4.69, 9.17) is 14.3 Å². The Balaban J connectivity index is 0.00000151. The van der Waals surface area contributed by atoms with Gasteiger partial charge in [0.15, 0.2) is 5.78 Å². The third kappa shape index (κ3) is 7.50. The minimum Gasteiger partial charge on any atom is -0.461 e. The molecule has 0 bridgehead atoms. The van der Waals surface area contributed by atoms with Crippen LogP contribution in [0.5, 0.6) is 0 Å². The van der Waals surface area contributed by atoms with Crippen molar-refractivity contribution >= 4 is 23.6 Å². The Labute approximate surface area is 184 Å². The number of carbonyl (C=O) groups excluding carboxylic acids is 4. The first-order valence-corrected chi connectivity index (χ1v) is 10.2. The Morgan fingerprint density at radius 1 is 0.968 bits per heavy atom. The minimum absolute atomic E-state index is 0.0211. The van der Waals surface area contributed by atoms with Crippen molar-refractivity contribution in [3.05, 3.63) is 65.2 Å². The Bertz CT molecular complexity index is 895. The number of aryl methyl sites for hydroxylation is 2. The lowest BCUT2D eigenvalue weighted by Crippen LogP contribution is -2.54. The molecule has 2 aromatic carbocycles. The molecule has 0 spiro atoms. The van der Waals surface area contributed by atoms with Crippen molar-refractivity contribution in [2.24, 2.45) is 5.92 Å². The lowest BCUT2D eigenvalue weighted by atomic mass is 9.80. The summed E-state index contributed by atoms with van der Waals surface area (Å²) in [7, 11) is 0. The molecule has 0 aromatic heterocycles. The first-order chi connectivity index (χ1) is 14.5. The number of ether oxygens (including phenoxy) is 1. The molecule has 0 aliphatic rings. The van der Waals surface area contributed by atoms with E-state index in [1.165, 1.54) is 0 Å². The van der Waals surface area contributed by atoms with Gasteiger partial charge in [-0.25, -0.2) is 4.79 Å². The zero-order chi connectivity index (χ0) is 23.6. The third-order valence-corrected chi connectivity index (χ3v) is 4.82. The number of hydrogen-bond donors (Lipinski definition) is 1. The quantitative estimate of drug-likeness (QED) is 0.485. The van der Waals surface area contributed by atoms with Gasteiger partial charge in [0.1, 0.15) is 5.54 Å². The fourth-order valence-electron chi connectivity index (χ4n) is 3.35. The predicted octanol–water partition coefficient (Wildman–Crippen LogP) is 4.75. The highest BCUT2D eigenvalue weighted by atomic mass is 16.5. The van der Waals surface area contributed by atoms with Gasteiger partial charge in [-0.2, -0.15) is 9.59 Å². The molecule has 6 nitrogen and oxygen atoms in total. The molecule has 2 rings (SSSR count). The number of Topliss-reactive ketones (excluding diaryl/α,β-unsaturated/α-hetero) is 1. The fraction of sp³-hybridized carbons (Fsp3) is 0.400. The van der Waals surface area contributed by atoms with E-state index in [0.29, 0.717) is 5.56 Å².